The third-order valence-corrected chi connectivity index (χ3v) is 1.23. The Morgan fingerprint density at radius 1 is 1.17 bits per heavy atom. The van der Waals surface area contributed by atoms with Gasteiger partial charge in [-0.3, -0.25) is 9.59 Å². The van der Waals surface area contributed by atoms with E-state index in [9.17, 15) is 9.59 Å². The van der Waals surface area contributed by atoms with Crippen LogP contribution in [-0.4, -0.2) is 34.7 Å². The Bertz CT molecular complexity index is 208. The molecule has 0 aromatic rings. The molecule has 1 fully saturated rings. The predicted octanol–water partition coefficient (Wildman–Crippen LogP) is -1.50. The fourth-order valence-electron chi connectivity index (χ4n) is 0.714. The second-order valence-corrected chi connectivity index (χ2v) is 2.38. The van der Waals surface area contributed by atoms with E-state index >= 15 is 0 Å². The number of hydrogen-bond acceptors (Lipinski definition) is 6. The molecule has 1 saturated heterocycles. The van der Waals surface area contributed by atoms with Crippen molar-refractivity contribution >= 4 is 11.9 Å². The summed E-state index contributed by atoms with van der Waals surface area (Å²) < 4.78 is 8.45. The van der Waals surface area contributed by atoms with Crippen molar-refractivity contribution in [2.75, 3.05) is 6.61 Å². The second-order valence-electron chi connectivity index (χ2n) is 2.38. The number of cyclic esters (lactones) is 2. The van der Waals surface area contributed by atoms with Crippen LogP contribution >= 0.6 is 0 Å². The number of carbonyl (C=O) groups excluding carboxylic acids is 2. The van der Waals surface area contributed by atoms with Crippen molar-refractivity contribution in [1.82, 2.24) is 0 Å². The summed E-state index contributed by atoms with van der Waals surface area (Å²) >= 11 is 0. The molecule has 0 bridgehead atoms. The second kappa shape index (κ2) is 3.08. The van der Waals surface area contributed by atoms with Gasteiger partial charge in [0.1, 0.15) is 0 Å². The van der Waals surface area contributed by atoms with Crippen molar-refractivity contribution in [2.45, 2.75) is 18.8 Å². The van der Waals surface area contributed by atoms with Crippen LogP contribution in [0, 0.1) is 0 Å². The van der Waals surface area contributed by atoms with Gasteiger partial charge in [0.25, 0.3) is 0 Å². The van der Waals surface area contributed by atoms with Crippen molar-refractivity contribution in [3.8, 4) is 0 Å². The first-order valence-corrected chi connectivity index (χ1v) is 3.32. The van der Waals surface area contributed by atoms with E-state index in [1.807, 2.05) is 0 Å². The van der Waals surface area contributed by atoms with Crippen LogP contribution in [-0.2, 0) is 19.1 Å². The maximum atomic E-state index is 10.6. The van der Waals surface area contributed by atoms with Gasteiger partial charge >= 0.3 is 17.9 Å². The quantitative estimate of drug-likeness (QED) is 0.345. The number of aliphatic hydroxyl groups is 2. The van der Waals surface area contributed by atoms with Gasteiger partial charge in [0.15, 0.2) is 6.61 Å². The number of hydrogen-bond donors (Lipinski definition) is 2. The molecular weight excluding hydrogens is 168 g/mol. The Morgan fingerprint density at radius 2 is 1.75 bits per heavy atom. The number of rotatable bonds is 0. The molecule has 2 N–H and O–H groups in total. The van der Waals surface area contributed by atoms with Crippen LogP contribution in [0.1, 0.15) is 12.8 Å². The third-order valence-electron chi connectivity index (χ3n) is 1.23. The molecule has 1 rings (SSSR count). The minimum Gasteiger partial charge on any atom is -0.456 e. The van der Waals surface area contributed by atoms with Gasteiger partial charge < -0.3 is 19.7 Å². The molecule has 1 aliphatic heterocycles. The number of ether oxygens (including phenoxy) is 2. The molecular formula is C6H8O6. The molecule has 12 heavy (non-hydrogen) atoms. The van der Waals surface area contributed by atoms with Crippen LogP contribution in [0.5, 0.6) is 0 Å². The lowest BCUT2D eigenvalue weighted by molar-refractivity contribution is -0.335. The molecule has 0 aliphatic carbocycles. The van der Waals surface area contributed by atoms with Gasteiger partial charge in [-0.2, -0.15) is 0 Å². The van der Waals surface area contributed by atoms with E-state index in [2.05, 4.69) is 9.47 Å². The first kappa shape index (κ1) is 8.95. The molecule has 1 heterocycles. The zero-order valence-electron chi connectivity index (χ0n) is 6.15. The van der Waals surface area contributed by atoms with E-state index in [0.29, 0.717) is 0 Å². The molecule has 0 aromatic carbocycles. The van der Waals surface area contributed by atoms with Crippen molar-refractivity contribution in [1.29, 1.82) is 0 Å². The summed E-state index contributed by atoms with van der Waals surface area (Å²) in [5.74, 6) is -4.18. The minimum atomic E-state index is -2.69. The summed E-state index contributed by atoms with van der Waals surface area (Å²) in [6.07, 6.45) is -0.309. The molecule has 0 amide bonds. The van der Waals surface area contributed by atoms with Crippen molar-refractivity contribution in [2.24, 2.45) is 0 Å². The van der Waals surface area contributed by atoms with Gasteiger partial charge in [-0.25, -0.2) is 0 Å². The maximum absolute atomic E-state index is 10.6. The van der Waals surface area contributed by atoms with E-state index in [1.165, 1.54) is 0 Å². The van der Waals surface area contributed by atoms with Crippen LogP contribution in [0.3, 0.4) is 0 Å². The molecule has 0 spiro atoms. The zero-order chi connectivity index (χ0) is 9.19. The molecule has 0 atom stereocenters. The highest BCUT2D eigenvalue weighted by Crippen LogP contribution is 2.10. The van der Waals surface area contributed by atoms with Crippen LogP contribution in [0.25, 0.3) is 0 Å². The summed E-state index contributed by atoms with van der Waals surface area (Å²) in [6, 6.07) is 0. The number of esters is 2. The van der Waals surface area contributed by atoms with Gasteiger partial charge in [-0.15, -0.1) is 0 Å². The molecule has 0 aromatic heterocycles. The summed E-state index contributed by atoms with van der Waals surface area (Å²) in [5.41, 5.74) is 0. The SMILES string of the molecule is O=C1CCC(=O)OC(O)(O)CO1. The van der Waals surface area contributed by atoms with E-state index in [1.54, 1.807) is 0 Å². The Labute approximate surface area is 67.7 Å². The molecule has 68 valence electrons. The van der Waals surface area contributed by atoms with Crippen molar-refractivity contribution in [3.63, 3.8) is 0 Å². The van der Waals surface area contributed by atoms with E-state index < -0.39 is 24.5 Å². The molecule has 6 heteroatoms. The van der Waals surface area contributed by atoms with Crippen LogP contribution in [0.15, 0.2) is 0 Å². The average Bonchev–Trinajstić information content (AvgIpc) is 1.95. The monoisotopic (exact) mass is 176 g/mol. The van der Waals surface area contributed by atoms with E-state index in [4.69, 9.17) is 10.2 Å². The molecule has 0 saturated carbocycles. The molecule has 0 radical (unpaired) electrons. The fraction of sp³-hybridized carbons (Fsp3) is 0.667. The summed E-state index contributed by atoms with van der Waals surface area (Å²) in [6.45, 7) is -0.752. The van der Waals surface area contributed by atoms with E-state index in [0.717, 1.165) is 0 Å². The lowest BCUT2D eigenvalue weighted by atomic mass is 10.3. The Kier molecular flexibility index (Phi) is 2.30. The van der Waals surface area contributed by atoms with Crippen molar-refractivity contribution in [3.05, 3.63) is 0 Å². The molecule has 6 nitrogen and oxygen atoms in total. The highest BCUT2D eigenvalue weighted by molar-refractivity contribution is 5.78. The largest absolute Gasteiger partial charge is 0.456 e. The first-order valence-electron chi connectivity index (χ1n) is 3.32. The Morgan fingerprint density at radius 3 is 2.42 bits per heavy atom. The molecule has 1 aliphatic rings. The van der Waals surface area contributed by atoms with Gasteiger partial charge in [-0.05, 0) is 0 Å². The van der Waals surface area contributed by atoms with Gasteiger partial charge in [0.05, 0.1) is 12.8 Å². The topological polar surface area (TPSA) is 93.1 Å². The Hall–Kier alpha value is -1.14. The maximum Gasteiger partial charge on any atom is 0.360 e. The summed E-state index contributed by atoms with van der Waals surface area (Å²) in [7, 11) is 0. The van der Waals surface area contributed by atoms with Gasteiger partial charge in [0, 0.05) is 0 Å². The third kappa shape index (κ3) is 2.48. The lowest BCUT2D eigenvalue weighted by Crippen LogP contribution is -2.41. The minimum absolute atomic E-state index is 0.102. The lowest BCUT2D eigenvalue weighted by Gasteiger charge is -2.22. The van der Waals surface area contributed by atoms with Crippen LogP contribution < -0.4 is 0 Å². The van der Waals surface area contributed by atoms with Crippen LogP contribution in [0.4, 0.5) is 0 Å². The summed E-state index contributed by atoms with van der Waals surface area (Å²) in [4.78, 5) is 21.3. The predicted molar refractivity (Wildman–Crippen MR) is 33.5 cm³/mol. The highest BCUT2D eigenvalue weighted by Gasteiger charge is 2.32. The van der Waals surface area contributed by atoms with Gasteiger partial charge in [-0.1, -0.05) is 0 Å². The zero-order valence-corrected chi connectivity index (χ0v) is 6.15. The van der Waals surface area contributed by atoms with E-state index in [-0.39, 0.29) is 12.8 Å². The smallest absolute Gasteiger partial charge is 0.360 e. The fourth-order valence-corrected chi connectivity index (χ4v) is 0.714. The average molecular weight is 176 g/mol. The normalized spacial score (nSPS) is 23.5. The summed E-state index contributed by atoms with van der Waals surface area (Å²) in [5, 5.41) is 17.6. The molecule has 0 unspecified atom stereocenters. The highest BCUT2D eigenvalue weighted by atomic mass is 16.8. The number of carbonyl (C=O) groups is 2. The Balaban J connectivity index is 2.61. The van der Waals surface area contributed by atoms with Gasteiger partial charge in [0.2, 0.25) is 0 Å². The van der Waals surface area contributed by atoms with Crippen LogP contribution in [0.2, 0.25) is 0 Å². The van der Waals surface area contributed by atoms with Crippen molar-refractivity contribution < 1.29 is 29.3 Å². The standard InChI is InChI=1S/C6H8O6/c7-4-1-2-5(8)12-6(9,10)3-11-4/h9-10H,1-3H2. The first-order chi connectivity index (χ1) is 5.49.